The zero-order chi connectivity index (χ0) is 62.6. The van der Waals surface area contributed by atoms with Crippen LogP contribution in [0.2, 0.25) is 0 Å². The Kier molecular flexibility index (Phi) is 63.1. The Morgan fingerprint density at radius 3 is 0.930 bits per heavy atom. The smallest absolute Gasteiger partial charge is 0.462 e. The van der Waals surface area contributed by atoms with Crippen LogP contribution < -0.4 is 0 Å². The van der Waals surface area contributed by atoms with Crippen molar-refractivity contribution >= 4 is 19.8 Å². The predicted octanol–water partition coefficient (Wildman–Crippen LogP) is 23.0. The summed E-state index contributed by atoms with van der Waals surface area (Å²) < 4.78 is 34.7. The Balaban J connectivity index is 4.05. The highest BCUT2D eigenvalue weighted by atomic mass is 31.2. The van der Waals surface area contributed by atoms with Crippen LogP contribution in [0.4, 0.5) is 0 Å². The van der Waals surface area contributed by atoms with E-state index in [0.717, 1.165) is 103 Å². The maximum absolute atomic E-state index is 12.9. The summed E-state index contributed by atoms with van der Waals surface area (Å²) in [5.74, 6) is -0.793. The third kappa shape index (κ3) is 69.5. The number of likely N-dealkylation sites (N-methyl/N-ethyl adjacent to an activating group) is 1. The van der Waals surface area contributed by atoms with Gasteiger partial charge in [0.15, 0.2) is 6.10 Å². The average molecular weight is 1220 g/mol. The van der Waals surface area contributed by atoms with Gasteiger partial charge in [0.2, 0.25) is 0 Å². The number of nitrogens with zero attached hydrogens (tertiary/aromatic N) is 1. The molecule has 86 heavy (non-hydrogen) atoms. The molecule has 10 heteroatoms. The predicted molar refractivity (Wildman–Crippen MR) is 371 cm³/mol. The zero-order valence-electron chi connectivity index (χ0n) is 56.3. The Morgan fingerprint density at radius 2 is 0.628 bits per heavy atom. The standard InChI is InChI=1S/C76H132NO8P/c1-6-8-10-12-14-16-18-20-22-24-26-28-30-32-34-36-37-38-39-41-43-45-47-49-51-53-55-57-59-61-63-65-67-69-76(79)85-74(73-84-86(80,81)83-71-70-77(3,4)5)72-82-75(78)68-66-64-62-60-58-56-54-52-50-48-46-44-42-40-35-33-31-29-27-25-23-21-19-17-15-13-11-9-7-2/h8-11,14-17,20-23,26-29,32,34,37-38,74H,6-7,12-13,18-19,24-25,30-31,33,35-36,39-73H2,1-5H3/p+1/b10-8-,11-9-,16-14-,17-15-,22-20-,23-21-,28-26-,29-27-,34-32-,38-37-. The summed E-state index contributed by atoms with van der Waals surface area (Å²) in [4.78, 5) is 35.9. The van der Waals surface area contributed by atoms with Gasteiger partial charge in [0.05, 0.1) is 27.7 Å². The van der Waals surface area contributed by atoms with Crippen molar-refractivity contribution in [3.8, 4) is 0 Å². The van der Waals surface area contributed by atoms with E-state index >= 15 is 0 Å². The Bertz CT molecular complexity index is 1870. The van der Waals surface area contributed by atoms with Gasteiger partial charge < -0.3 is 18.9 Å². The lowest BCUT2D eigenvalue weighted by molar-refractivity contribution is -0.870. The molecule has 0 aromatic carbocycles. The average Bonchev–Trinajstić information content (AvgIpc) is 3.70. The van der Waals surface area contributed by atoms with E-state index in [1.165, 1.54) is 161 Å². The first kappa shape index (κ1) is 82.4. The fourth-order valence-electron chi connectivity index (χ4n) is 9.66. The minimum absolute atomic E-state index is 0.0281. The highest BCUT2D eigenvalue weighted by molar-refractivity contribution is 7.47. The number of hydrogen-bond acceptors (Lipinski definition) is 7. The van der Waals surface area contributed by atoms with Crippen LogP contribution in [0.5, 0.6) is 0 Å². The van der Waals surface area contributed by atoms with Crippen LogP contribution in [0, 0.1) is 0 Å². The SMILES string of the molecule is CC/C=C\C/C=C\C/C=C\C/C=C\C/C=C\C/C=C\CCCCCCCCCCCCCCCCC(=O)OC(COC(=O)CCCCCCCCCCCCCCCCCC/C=C\C/C=C\C/C=C\C/C=C\CC)COP(=O)(O)OCC[N+](C)(C)C. The lowest BCUT2D eigenvalue weighted by Crippen LogP contribution is -2.37. The highest BCUT2D eigenvalue weighted by Gasteiger charge is 2.27. The second kappa shape index (κ2) is 65.8. The van der Waals surface area contributed by atoms with Gasteiger partial charge in [0.1, 0.15) is 19.8 Å². The lowest BCUT2D eigenvalue weighted by atomic mass is 10.0. The van der Waals surface area contributed by atoms with Crippen LogP contribution in [0.25, 0.3) is 0 Å². The molecule has 0 bridgehead atoms. The van der Waals surface area contributed by atoms with Crippen molar-refractivity contribution in [3.63, 3.8) is 0 Å². The van der Waals surface area contributed by atoms with E-state index in [9.17, 15) is 19.0 Å². The number of quaternary nitrogens is 1. The third-order valence-corrected chi connectivity index (χ3v) is 16.0. The summed E-state index contributed by atoms with van der Waals surface area (Å²) in [6, 6.07) is 0. The third-order valence-electron chi connectivity index (χ3n) is 15.0. The molecule has 494 valence electrons. The first-order chi connectivity index (χ1) is 42.0. The molecule has 0 saturated heterocycles. The maximum atomic E-state index is 12.9. The van der Waals surface area contributed by atoms with Crippen molar-refractivity contribution in [2.45, 2.75) is 302 Å². The number of allylic oxidation sites excluding steroid dienone is 20. The molecule has 0 radical (unpaired) electrons. The largest absolute Gasteiger partial charge is 0.472 e. The summed E-state index contributed by atoms with van der Waals surface area (Å²) in [5, 5.41) is 0. The van der Waals surface area contributed by atoms with Crippen LogP contribution in [0.15, 0.2) is 122 Å². The van der Waals surface area contributed by atoms with Gasteiger partial charge in [0, 0.05) is 12.8 Å². The topological polar surface area (TPSA) is 108 Å². The maximum Gasteiger partial charge on any atom is 0.472 e. The van der Waals surface area contributed by atoms with Crippen LogP contribution in [0.1, 0.15) is 296 Å². The summed E-state index contributed by atoms with van der Waals surface area (Å²) in [7, 11) is 1.47. The van der Waals surface area contributed by atoms with Gasteiger partial charge in [-0.05, 0) is 103 Å². The van der Waals surface area contributed by atoms with Gasteiger partial charge in [-0.3, -0.25) is 18.6 Å². The molecular weight excluding hydrogens is 1090 g/mol. The quantitative estimate of drug-likeness (QED) is 0.0211. The molecule has 0 rings (SSSR count). The number of esters is 2. The van der Waals surface area contributed by atoms with Crippen molar-refractivity contribution in [2.75, 3.05) is 47.5 Å². The first-order valence-electron chi connectivity index (χ1n) is 35.3. The Hall–Kier alpha value is -3.59. The summed E-state index contributed by atoms with van der Waals surface area (Å²) in [5.41, 5.74) is 0. The molecule has 2 unspecified atom stereocenters. The normalized spacial score (nSPS) is 13.9. The van der Waals surface area contributed by atoms with E-state index in [-0.39, 0.29) is 32.0 Å². The van der Waals surface area contributed by atoms with E-state index < -0.39 is 26.5 Å². The van der Waals surface area contributed by atoms with Crippen molar-refractivity contribution in [2.24, 2.45) is 0 Å². The van der Waals surface area contributed by atoms with E-state index in [1.54, 1.807) is 0 Å². The molecule has 0 spiro atoms. The molecule has 0 aromatic heterocycles. The first-order valence-corrected chi connectivity index (χ1v) is 36.8. The van der Waals surface area contributed by atoms with Gasteiger partial charge in [-0.15, -0.1) is 0 Å². The molecule has 0 saturated carbocycles. The lowest BCUT2D eigenvalue weighted by Gasteiger charge is -2.24. The second-order valence-electron chi connectivity index (χ2n) is 24.5. The minimum atomic E-state index is -4.40. The number of phosphoric acid groups is 1. The van der Waals surface area contributed by atoms with E-state index in [1.807, 2.05) is 21.1 Å². The highest BCUT2D eigenvalue weighted by Crippen LogP contribution is 2.43. The van der Waals surface area contributed by atoms with Gasteiger partial charge in [0.25, 0.3) is 0 Å². The van der Waals surface area contributed by atoms with Crippen LogP contribution >= 0.6 is 7.82 Å². The van der Waals surface area contributed by atoms with Crippen molar-refractivity contribution in [1.29, 1.82) is 0 Å². The van der Waals surface area contributed by atoms with Crippen LogP contribution in [-0.4, -0.2) is 74.9 Å². The summed E-state index contributed by atoms with van der Waals surface area (Å²) in [6.07, 6.45) is 94.4. The minimum Gasteiger partial charge on any atom is -0.462 e. The molecule has 0 aliphatic rings. The Labute approximate surface area is 530 Å². The zero-order valence-corrected chi connectivity index (χ0v) is 57.2. The summed E-state index contributed by atoms with van der Waals surface area (Å²) >= 11 is 0. The second-order valence-corrected chi connectivity index (χ2v) is 26.0. The number of ether oxygens (including phenoxy) is 2. The number of phosphoric ester groups is 1. The van der Waals surface area contributed by atoms with E-state index in [4.69, 9.17) is 18.5 Å². The molecule has 9 nitrogen and oxygen atoms in total. The van der Waals surface area contributed by atoms with Crippen molar-refractivity contribution < 1.29 is 42.1 Å². The molecule has 1 N–H and O–H groups in total. The molecule has 0 fully saturated rings. The van der Waals surface area contributed by atoms with Gasteiger partial charge in [-0.1, -0.05) is 302 Å². The fourth-order valence-corrected chi connectivity index (χ4v) is 10.4. The molecule has 2 atom stereocenters. The van der Waals surface area contributed by atoms with Crippen molar-refractivity contribution in [3.05, 3.63) is 122 Å². The molecular formula is C76H133NO8P+. The fraction of sp³-hybridized carbons (Fsp3) is 0.711. The van der Waals surface area contributed by atoms with Gasteiger partial charge in [-0.2, -0.15) is 0 Å². The van der Waals surface area contributed by atoms with Crippen molar-refractivity contribution in [1.82, 2.24) is 0 Å². The van der Waals surface area contributed by atoms with Gasteiger partial charge >= 0.3 is 19.8 Å². The molecule has 0 aliphatic carbocycles. The molecule has 0 amide bonds. The number of carbonyl (C=O) groups excluding carboxylic acids is 2. The number of rotatable bonds is 64. The van der Waals surface area contributed by atoms with Gasteiger partial charge in [-0.25, -0.2) is 4.57 Å². The van der Waals surface area contributed by atoms with Crippen LogP contribution in [0.3, 0.4) is 0 Å². The molecule has 0 aromatic rings. The Morgan fingerprint density at radius 1 is 0.360 bits per heavy atom. The van der Waals surface area contributed by atoms with E-state index in [0.29, 0.717) is 17.4 Å². The molecule has 0 aliphatic heterocycles. The number of carbonyl (C=O) groups is 2. The molecule has 0 heterocycles. The van der Waals surface area contributed by atoms with Crippen LogP contribution in [-0.2, 0) is 32.7 Å². The monoisotopic (exact) mass is 1220 g/mol. The van der Waals surface area contributed by atoms with E-state index in [2.05, 4.69) is 135 Å². The summed E-state index contributed by atoms with van der Waals surface area (Å²) in [6.45, 7) is 4.23. The number of hydrogen-bond donors (Lipinski definition) is 1. The number of unbranched alkanes of at least 4 members (excludes halogenated alkanes) is 30.